The Kier molecular flexibility index (Phi) is 5.72. The van der Waals surface area contributed by atoms with Gasteiger partial charge in [0.25, 0.3) is 11.1 Å². The van der Waals surface area contributed by atoms with Crippen LogP contribution in [0.4, 0.5) is 0 Å². The number of oxazole rings is 1. The standard InChI is InChI=1S/C23H19N3O2S/c1-16(17-11-13-19(14-12-17)18-7-3-2-4-8-18)25-26-22(27)15-29-23-24-20-9-5-6-10-21(20)28-23/h2-14H,15H2,1H3,(H,26,27)/b25-16+. The highest BCUT2D eigenvalue weighted by molar-refractivity contribution is 7.99. The van der Waals surface area contributed by atoms with E-state index in [9.17, 15) is 4.79 Å². The number of para-hydroxylation sites is 2. The topological polar surface area (TPSA) is 67.5 Å². The number of hydrazone groups is 1. The monoisotopic (exact) mass is 401 g/mol. The number of carbonyl (C=O) groups is 1. The van der Waals surface area contributed by atoms with Gasteiger partial charge in [-0.2, -0.15) is 5.10 Å². The molecule has 0 aliphatic heterocycles. The molecule has 0 saturated heterocycles. The molecule has 4 aromatic rings. The van der Waals surface area contributed by atoms with Gasteiger partial charge < -0.3 is 4.42 Å². The van der Waals surface area contributed by atoms with Crippen molar-refractivity contribution in [3.8, 4) is 11.1 Å². The van der Waals surface area contributed by atoms with E-state index >= 15 is 0 Å². The van der Waals surface area contributed by atoms with Gasteiger partial charge in [0.15, 0.2) is 5.58 Å². The summed E-state index contributed by atoms with van der Waals surface area (Å²) in [5, 5.41) is 4.68. The van der Waals surface area contributed by atoms with E-state index in [1.54, 1.807) is 0 Å². The molecule has 3 aromatic carbocycles. The molecule has 0 radical (unpaired) electrons. The Bertz CT molecular complexity index is 1120. The van der Waals surface area contributed by atoms with Crippen LogP contribution in [0.5, 0.6) is 0 Å². The molecule has 6 heteroatoms. The lowest BCUT2D eigenvalue weighted by Gasteiger charge is -2.05. The van der Waals surface area contributed by atoms with E-state index < -0.39 is 0 Å². The summed E-state index contributed by atoms with van der Waals surface area (Å²) in [4.78, 5) is 16.4. The molecule has 0 saturated carbocycles. The number of rotatable bonds is 6. The highest BCUT2D eigenvalue weighted by atomic mass is 32.2. The van der Waals surface area contributed by atoms with Gasteiger partial charge in [-0.1, -0.05) is 78.5 Å². The van der Waals surface area contributed by atoms with E-state index in [0.717, 1.165) is 27.9 Å². The van der Waals surface area contributed by atoms with Crippen LogP contribution in [0.2, 0.25) is 0 Å². The molecule has 5 nitrogen and oxygen atoms in total. The molecule has 1 aromatic heterocycles. The van der Waals surface area contributed by atoms with Crippen molar-refractivity contribution in [3.63, 3.8) is 0 Å². The maximum absolute atomic E-state index is 12.1. The first kappa shape index (κ1) is 19.0. The Balaban J connectivity index is 1.33. The van der Waals surface area contributed by atoms with Crippen LogP contribution in [-0.4, -0.2) is 22.4 Å². The van der Waals surface area contributed by atoms with Crippen LogP contribution in [0.25, 0.3) is 22.2 Å². The lowest BCUT2D eigenvalue weighted by Crippen LogP contribution is -2.21. The molecule has 0 spiro atoms. The van der Waals surface area contributed by atoms with Crippen molar-refractivity contribution in [1.82, 2.24) is 10.4 Å². The van der Waals surface area contributed by atoms with Crippen molar-refractivity contribution in [2.75, 3.05) is 5.75 Å². The number of thioether (sulfide) groups is 1. The van der Waals surface area contributed by atoms with Crippen LogP contribution >= 0.6 is 11.8 Å². The van der Waals surface area contributed by atoms with Gasteiger partial charge in [-0.3, -0.25) is 4.79 Å². The number of carbonyl (C=O) groups excluding carboxylic acids is 1. The van der Waals surface area contributed by atoms with E-state index in [-0.39, 0.29) is 11.7 Å². The summed E-state index contributed by atoms with van der Waals surface area (Å²) in [6.45, 7) is 1.87. The predicted molar refractivity (Wildman–Crippen MR) is 117 cm³/mol. The molecule has 29 heavy (non-hydrogen) atoms. The average molecular weight is 401 g/mol. The molecule has 0 atom stereocenters. The van der Waals surface area contributed by atoms with Crippen LogP contribution in [0, 0.1) is 0 Å². The Morgan fingerprint density at radius 3 is 2.41 bits per heavy atom. The van der Waals surface area contributed by atoms with E-state index in [4.69, 9.17) is 4.42 Å². The number of hydrogen-bond acceptors (Lipinski definition) is 5. The fraction of sp³-hybridized carbons (Fsp3) is 0.0870. The van der Waals surface area contributed by atoms with Crippen LogP contribution < -0.4 is 5.43 Å². The summed E-state index contributed by atoms with van der Waals surface area (Å²) in [5.74, 6) is -0.0335. The zero-order valence-corrected chi connectivity index (χ0v) is 16.6. The highest BCUT2D eigenvalue weighted by Gasteiger charge is 2.09. The van der Waals surface area contributed by atoms with Gasteiger partial charge in [0, 0.05) is 0 Å². The lowest BCUT2D eigenvalue weighted by atomic mass is 10.0. The lowest BCUT2D eigenvalue weighted by molar-refractivity contribution is -0.118. The Morgan fingerprint density at radius 2 is 1.66 bits per heavy atom. The van der Waals surface area contributed by atoms with Crippen molar-refractivity contribution in [3.05, 3.63) is 84.4 Å². The number of nitrogens with zero attached hydrogens (tertiary/aromatic N) is 2. The summed E-state index contributed by atoms with van der Waals surface area (Å²) in [5.41, 5.74) is 8.08. The number of hydrogen-bond donors (Lipinski definition) is 1. The first-order chi connectivity index (χ1) is 14.2. The first-order valence-corrected chi connectivity index (χ1v) is 10.1. The molecule has 144 valence electrons. The number of nitrogens with one attached hydrogen (secondary N) is 1. The molecule has 0 fully saturated rings. The van der Waals surface area contributed by atoms with Crippen molar-refractivity contribution in [2.24, 2.45) is 5.10 Å². The van der Waals surface area contributed by atoms with E-state index in [2.05, 4.69) is 39.8 Å². The quantitative estimate of drug-likeness (QED) is 0.276. The van der Waals surface area contributed by atoms with Gasteiger partial charge >= 0.3 is 0 Å². The average Bonchev–Trinajstić information content (AvgIpc) is 3.20. The summed E-state index contributed by atoms with van der Waals surface area (Å²) in [6, 6.07) is 25.8. The van der Waals surface area contributed by atoms with Gasteiger partial charge in [-0.05, 0) is 35.7 Å². The van der Waals surface area contributed by atoms with Crippen LogP contribution in [0.1, 0.15) is 12.5 Å². The van der Waals surface area contributed by atoms with Crippen LogP contribution in [-0.2, 0) is 4.79 Å². The fourth-order valence-corrected chi connectivity index (χ4v) is 3.45. The number of benzene rings is 3. The maximum atomic E-state index is 12.1. The van der Waals surface area contributed by atoms with E-state index in [1.165, 1.54) is 11.8 Å². The zero-order chi connectivity index (χ0) is 20.1. The summed E-state index contributed by atoms with van der Waals surface area (Å²) >= 11 is 1.24. The van der Waals surface area contributed by atoms with Gasteiger partial charge in [0.05, 0.1) is 11.5 Å². The minimum absolute atomic E-state index is 0.177. The maximum Gasteiger partial charge on any atom is 0.257 e. The molecule has 0 bridgehead atoms. The number of fused-ring (bicyclic) bond motifs is 1. The Morgan fingerprint density at radius 1 is 0.966 bits per heavy atom. The second kappa shape index (κ2) is 8.75. The summed E-state index contributed by atoms with van der Waals surface area (Å²) in [7, 11) is 0. The predicted octanol–water partition coefficient (Wildman–Crippen LogP) is 5.13. The first-order valence-electron chi connectivity index (χ1n) is 9.16. The molecule has 1 N–H and O–H groups in total. The van der Waals surface area contributed by atoms with Crippen molar-refractivity contribution in [1.29, 1.82) is 0 Å². The SMILES string of the molecule is C/C(=N\NC(=O)CSc1nc2ccccc2o1)c1ccc(-c2ccccc2)cc1. The van der Waals surface area contributed by atoms with Crippen molar-refractivity contribution in [2.45, 2.75) is 12.1 Å². The summed E-state index contributed by atoms with van der Waals surface area (Å²) < 4.78 is 5.60. The molecule has 4 rings (SSSR count). The summed E-state index contributed by atoms with van der Waals surface area (Å²) in [6.07, 6.45) is 0. The Labute approximate surface area is 172 Å². The van der Waals surface area contributed by atoms with Crippen LogP contribution in [0.15, 0.2) is 93.6 Å². The highest BCUT2D eigenvalue weighted by Crippen LogP contribution is 2.23. The third-order valence-corrected chi connectivity index (χ3v) is 5.19. The van der Waals surface area contributed by atoms with Gasteiger partial charge in [0.2, 0.25) is 0 Å². The third-order valence-electron chi connectivity index (χ3n) is 4.36. The molecule has 0 unspecified atom stereocenters. The molecule has 0 aliphatic rings. The fourth-order valence-electron chi connectivity index (χ4n) is 2.82. The van der Waals surface area contributed by atoms with Crippen LogP contribution in [0.3, 0.4) is 0 Å². The molecule has 0 aliphatic carbocycles. The third kappa shape index (κ3) is 4.73. The molecular formula is C23H19N3O2S. The molecular weight excluding hydrogens is 382 g/mol. The van der Waals surface area contributed by atoms with Crippen molar-refractivity contribution >= 4 is 34.5 Å². The number of amides is 1. The zero-order valence-electron chi connectivity index (χ0n) is 15.8. The second-order valence-electron chi connectivity index (χ2n) is 6.41. The second-order valence-corrected chi connectivity index (χ2v) is 7.34. The smallest absolute Gasteiger partial charge is 0.257 e. The number of aromatic nitrogens is 1. The van der Waals surface area contributed by atoms with E-state index in [1.807, 2.05) is 61.5 Å². The van der Waals surface area contributed by atoms with E-state index in [0.29, 0.717) is 10.8 Å². The Hall–Kier alpha value is -3.38. The van der Waals surface area contributed by atoms with Gasteiger partial charge in [-0.15, -0.1) is 0 Å². The minimum Gasteiger partial charge on any atom is -0.431 e. The van der Waals surface area contributed by atoms with Crippen molar-refractivity contribution < 1.29 is 9.21 Å². The largest absolute Gasteiger partial charge is 0.431 e. The normalized spacial score (nSPS) is 11.6. The minimum atomic E-state index is -0.211. The molecule has 1 amide bonds. The van der Waals surface area contributed by atoms with Gasteiger partial charge in [-0.25, -0.2) is 10.4 Å². The molecule has 1 heterocycles. The van der Waals surface area contributed by atoms with Gasteiger partial charge in [0.1, 0.15) is 5.52 Å².